The highest BCUT2D eigenvalue weighted by Gasteiger charge is 2.24. The van der Waals surface area contributed by atoms with E-state index in [2.05, 4.69) is 29.1 Å². The largest absolute Gasteiger partial charge is 0.344 e. The second kappa shape index (κ2) is 3.97. The van der Waals surface area contributed by atoms with E-state index in [0.29, 0.717) is 0 Å². The normalized spacial score (nSPS) is 18.6. The van der Waals surface area contributed by atoms with E-state index in [4.69, 9.17) is 0 Å². The Labute approximate surface area is 91.7 Å². The van der Waals surface area contributed by atoms with Gasteiger partial charge in [0, 0.05) is 17.8 Å². The molecule has 0 amide bonds. The number of hydrogen-bond donors (Lipinski definition) is 2. The summed E-state index contributed by atoms with van der Waals surface area (Å²) in [6.07, 6.45) is 7.40. The summed E-state index contributed by atoms with van der Waals surface area (Å²) in [6.45, 7) is 4.29. The van der Waals surface area contributed by atoms with Crippen LogP contribution in [-0.2, 0) is 5.54 Å². The smallest absolute Gasteiger partial charge is 0.126 e. The Balaban J connectivity index is 2.16. The Morgan fingerprint density at radius 2 is 2.07 bits per heavy atom. The maximum absolute atomic E-state index is 4.49. The van der Waals surface area contributed by atoms with Crippen molar-refractivity contribution < 1.29 is 0 Å². The lowest BCUT2D eigenvalue weighted by Gasteiger charge is -2.21. The van der Waals surface area contributed by atoms with E-state index in [9.17, 15) is 0 Å². The van der Waals surface area contributed by atoms with Crippen LogP contribution >= 0.6 is 0 Å². The van der Waals surface area contributed by atoms with Crippen molar-refractivity contribution in [1.29, 1.82) is 0 Å². The van der Waals surface area contributed by atoms with Crippen LogP contribution in [0.2, 0.25) is 0 Å². The van der Waals surface area contributed by atoms with Crippen molar-refractivity contribution >= 4 is 0 Å². The van der Waals surface area contributed by atoms with Crippen LogP contribution in [0.4, 0.5) is 0 Å². The molecule has 0 aromatic carbocycles. The van der Waals surface area contributed by atoms with Gasteiger partial charge in [0.1, 0.15) is 5.82 Å². The van der Waals surface area contributed by atoms with Gasteiger partial charge in [-0.2, -0.15) is 0 Å². The van der Waals surface area contributed by atoms with Crippen molar-refractivity contribution in [3.63, 3.8) is 0 Å². The standard InChI is InChI=1S/C12H21N3/c1-12(2,13-3)11-14-8-10(15-11)9-6-4-5-7-9/h8-9,13H,4-7H2,1-3H3,(H,14,15). The Morgan fingerprint density at radius 1 is 1.40 bits per heavy atom. The van der Waals surface area contributed by atoms with Crippen LogP contribution in [0.3, 0.4) is 0 Å². The average molecular weight is 207 g/mol. The molecule has 0 atom stereocenters. The first-order valence-corrected chi connectivity index (χ1v) is 5.88. The van der Waals surface area contributed by atoms with Crippen molar-refractivity contribution in [2.24, 2.45) is 0 Å². The van der Waals surface area contributed by atoms with E-state index < -0.39 is 0 Å². The summed E-state index contributed by atoms with van der Waals surface area (Å²) in [7, 11) is 1.97. The summed E-state index contributed by atoms with van der Waals surface area (Å²) in [6, 6.07) is 0. The molecule has 3 heteroatoms. The molecule has 0 spiro atoms. The first-order valence-electron chi connectivity index (χ1n) is 5.88. The minimum absolute atomic E-state index is 0.0587. The van der Waals surface area contributed by atoms with Gasteiger partial charge in [-0.15, -0.1) is 0 Å². The number of nitrogens with one attached hydrogen (secondary N) is 2. The fraction of sp³-hybridized carbons (Fsp3) is 0.750. The molecule has 0 aliphatic heterocycles. The molecule has 2 rings (SSSR count). The minimum atomic E-state index is -0.0587. The first-order chi connectivity index (χ1) is 7.13. The Morgan fingerprint density at radius 3 is 2.67 bits per heavy atom. The van der Waals surface area contributed by atoms with Crippen LogP contribution in [-0.4, -0.2) is 17.0 Å². The predicted octanol–water partition coefficient (Wildman–Crippen LogP) is 2.52. The molecule has 1 saturated carbocycles. The van der Waals surface area contributed by atoms with Crippen LogP contribution in [0.15, 0.2) is 6.20 Å². The summed E-state index contributed by atoms with van der Waals surface area (Å²) in [5.41, 5.74) is 1.27. The monoisotopic (exact) mass is 207 g/mol. The molecular formula is C12H21N3. The third-order valence-corrected chi connectivity index (χ3v) is 3.61. The average Bonchev–Trinajstić information content (AvgIpc) is 2.88. The highest BCUT2D eigenvalue weighted by atomic mass is 15.0. The van der Waals surface area contributed by atoms with Crippen molar-refractivity contribution in [3.05, 3.63) is 17.7 Å². The summed E-state index contributed by atoms with van der Waals surface area (Å²) in [5, 5.41) is 3.27. The van der Waals surface area contributed by atoms with Crippen LogP contribution < -0.4 is 5.32 Å². The number of nitrogens with zero attached hydrogens (tertiary/aromatic N) is 1. The predicted molar refractivity (Wildman–Crippen MR) is 61.9 cm³/mol. The van der Waals surface area contributed by atoms with Crippen molar-refractivity contribution in [1.82, 2.24) is 15.3 Å². The number of rotatable bonds is 3. The summed E-state index contributed by atoms with van der Waals surface area (Å²) >= 11 is 0. The van der Waals surface area contributed by atoms with Crippen molar-refractivity contribution in [3.8, 4) is 0 Å². The molecule has 0 bridgehead atoms. The number of hydrogen-bond acceptors (Lipinski definition) is 2. The molecule has 1 aromatic heterocycles. The van der Waals surface area contributed by atoms with Crippen LogP contribution in [0.25, 0.3) is 0 Å². The highest BCUT2D eigenvalue weighted by Crippen LogP contribution is 2.33. The first kappa shape index (κ1) is 10.7. The molecule has 15 heavy (non-hydrogen) atoms. The molecule has 2 N–H and O–H groups in total. The van der Waals surface area contributed by atoms with Gasteiger partial charge in [-0.1, -0.05) is 12.8 Å². The number of aromatic amines is 1. The highest BCUT2D eigenvalue weighted by molar-refractivity contribution is 5.13. The van der Waals surface area contributed by atoms with Gasteiger partial charge >= 0.3 is 0 Å². The zero-order valence-corrected chi connectivity index (χ0v) is 9.93. The second-order valence-corrected chi connectivity index (χ2v) is 5.04. The maximum atomic E-state index is 4.49. The van der Waals surface area contributed by atoms with E-state index >= 15 is 0 Å². The number of aromatic nitrogens is 2. The fourth-order valence-electron chi connectivity index (χ4n) is 2.22. The molecule has 0 unspecified atom stereocenters. The number of imidazole rings is 1. The molecule has 0 radical (unpaired) electrons. The topological polar surface area (TPSA) is 40.7 Å². The summed E-state index contributed by atoms with van der Waals surface area (Å²) in [5.74, 6) is 1.77. The van der Waals surface area contributed by atoms with Crippen LogP contribution in [0.5, 0.6) is 0 Å². The summed E-state index contributed by atoms with van der Waals surface area (Å²) < 4.78 is 0. The van der Waals surface area contributed by atoms with Crippen LogP contribution in [0.1, 0.15) is 57.0 Å². The van der Waals surface area contributed by atoms with E-state index in [1.165, 1.54) is 31.4 Å². The lowest BCUT2D eigenvalue weighted by Crippen LogP contribution is -2.34. The molecule has 1 aliphatic rings. The van der Waals surface area contributed by atoms with E-state index in [1.807, 2.05) is 13.2 Å². The second-order valence-electron chi connectivity index (χ2n) is 5.04. The Bertz CT molecular complexity index is 321. The third-order valence-electron chi connectivity index (χ3n) is 3.61. The quantitative estimate of drug-likeness (QED) is 0.799. The Hall–Kier alpha value is -0.830. The van der Waals surface area contributed by atoms with Gasteiger partial charge in [0.05, 0.1) is 5.54 Å². The zero-order chi connectivity index (χ0) is 10.9. The maximum Gasteiger partial charge on any atom is 0.126 e. The van der Waals surface area contributed by atoms with Gasteiger partial charge in [0.25, 0.3) is 0 Å². The molecule has 84 valence electrons. The van der Waals surface area contributed by atoms with Crippen molar-refractivity contribution in [2.75, 3.05) is 7.05 Å². The van der Waals surface area contributed by atoms with Gasteiger partial charge in [0.15, 0.2) is 0 Å². The number of H-pyrrole nitrogens is 1. The molecule has 1 aliphatic carbocycles. The lowest BCUT2D eigenvalue weighted by atomic mass is 10.0. The van der Waals surface area contributed by atoms with Crippen LogP contribution in [0, 0.1) is 0 Å². The van der Waals surface area contributed by atoms with E-state index in [-0.39, 0.29) is 5.54 Å². The van der Waals surface area contributed by atoms with Gasteiger partial charge in [-0.3, -0.25) is 0 Å². The molecule has 1 heterocycles. The third kappa shape index (κ3) is 2.07. The van der Waals surface area contributed by atoms with Gasteiger partial charge < -0.3 is 10.3 Å². The van der Waals surface area contributed by atoms with E-state index in [1.54, 1.807) is 0 Å². The molecular weight excluding hydrogens is 186 g/mol. The SMILES string of the molecule is CNC(C)(C)c1ncc(C2CCCC2)[nH]1. The van der Waals surface area contributed by atoms with Gasteiger partial charge in [0.2, 0.25) is 0 Å². The molecule has 3 nitrogen and oxygen atoms in total. The van der Waals surface area contributed by atoms with E-state index in [0.717, 1.165) is 11.7 Å². The molecule has 1 fully saturated rings. The molecule has 0 saturated heterocycles. The zero-order valence-electron chi connectivity index (χ0n) is 9.93. The van der Waals surface area contributed by atoms with Gasteiger partial charge in [-0.25, -0.2) is 4.98 Å². The lowest BCUT2D eigenvalue weighted by molar-refractivity contribution is 0.419. The summed E-state index contributed by atoms with van der Waals surface area (Å²) in [4.78, 5) is 7.96. The fourth-order valence-corrected chi connectivity index (χ4v) is 2.22. The van der Waals surface area contributed by atoms with Gasteiger partial charge in [-0.05, 0) is 33.7 Å². The Kier molecular flexibility index (Phi) is 2.83. The molecule has 1 aromatic rings. The van der Waals surface area contributed by atoms with Crippen molar-refractivity contribution in [2.45, 2.75) is 51.0 Å². The minimum Gasteiger partial charge on any atom is -0.344 e.